The first-order valence-electron chi connectivity index (χ1n) is 3.80. The van der Waals surface area contributed by atoms with Crippen molar-refractivity contribution in [3.63, 3.8) is 0 Å². The summed E-state index contributed by atoms with van der Waals surface area (Å²) in [4.78, 5) is 0. The lowest BCUT2D eigenvalue weighted by atomic mass is 10.1. The smallest absolute Gasteiger partial charge is 0.0599 e. The molecule has 0 aliphatic carbocycles. The maximum Gasteiger partial charge on any atom is 0.0599 e. The molecule has 0 radical (unpaired) electrons. The van der Waals surface area contributed by atoms with Gasteiger partial charge in [0.15, 0.2) is 0 Å². The number of benzene rings is 1. The van der Waals surface area contributed by atoms with Gasteiger partial charge >= 0.3 is 0 Å². The molecule has 58 valence electrons. The Hall–Kier alpha value is -1.18. The lowest BCUT2D eigenvalue weighted by molar-refractivity contribution is 0.781. The van der Waals surface area contributed by atoms with Gasteiger partial charge in [0.25, 0.3) is 0 Å². The van der Waals surface area contributed by atoms with Gasteiger partial charge in [-0.2, -0.15) is 5.11 Å². The number of hydrogen-bond acceptors (Lipinski definition) is 2. The summed E-state index contributed by atoms with van der Waals surface area (Å²) in [6.45, 7) is 0.648. The molecule has 2 heteroatoms. The lowest BCUT2D eigenvalue weighted by Gasteiger charge is -1.96. The Balaban J connectivity index is 2.33. The Kier molecular flexibility index (Phi) is 3.32. The highest BCUT2D eigenvalue weighted by atomic mass is 14.9. The Labute approximate surface area is 66.8 Å². The van der Waals surface area contributed by atoms with Gasteiger partial charge in [-0.05, 0) is 18.4 Å². The molecule has 0 bridgehead atoms. The molecule has 0 atom stereocenters. The van der Waals surface area contributed by atoms with E-state index in [0.29, 0.717) is 6.54 Å². The summed E-state index contributed by atoms with van der Waals surface area (Å²) < 4.78 is 0. The third kappa shape index (κ3) is 2.94. The number of rotatable bonds is 4. The summed E-state index contributed by atoms with van der Waals surface area (Å²) in [5.41, 5.74) is 7.92. The molecule has 0 spiro atoms. The van der Waals surface area contributed by atoms with Crippen molar-refractivity contribution in [2.75, 3.05) is 6.54 Å². The second kappa shape index (κ2) is 4.61. The van der Waals surface area contributed by atoms with E-state index < -0.39 is 0 Å². The Morgan fingerprint density at radius 1 is 1.18 bits per heavy atom. The van der Waals surface area contributed by atoms with Crippen LogP contribution in [0.4, 0.5) is 0 Å². The number of aryl methyl sites for hydroxylation is 1. The molecule has 1 N–H and O–H groups in total. The highest BCUT2D eigenvalue weighted by Gasteiger charge is 1.89. The van der Waals surface area contributed by atoms with Crippen molar-refractivity contribution >= 4 is 0 Å². The van der Waals surface area contributed by atoms with Crippen molar-refractivity contribution in [2.24, 2.45) is 5.11 Å². The van der Waals surface area contributed by atoms with Crippen LogP contribution in [-0.4, -0.2) is 6.54 Å². The van der Waals surface area contributed by atoms with Crippen molar-refractivity contribution in [2.45, 2.75) is 12.8 Å². The van der Waals surface area contributed by atoms with E-state index in [1.807, 2.05) is 18.2 Å². The number of hydrogen-bond donors (Lipinski definition) is 1. The summed E-state index contributed by atoms with van der Waals surface area (Å²) in [6.07, 6.45) is 2.01. The van der Waals surface area contributed by atoms with Crippen LogP contribution in [0, 0.1) is 5.53 Å². The van der Waals surface area contributed by atoms with E-state index in [2.05, 4.69) is 17.2 Å². The van der Waals surface area contributed by atoms with Crippen molar-refractivity contribution in [3.8, 4) is 0 Å². The number of nitrogens with one attached hydrogen (secondary N) is 1. The van der Waals surface area contributed by atoms with E-state index in [-0.39, 0.29) is 0 Å². The van der Waals surface area contributed by atoms with E-state index in [9.17, 15) is 0 Å². The topological polar surface area (TPSA) is 36.2 Å². The van der Waals surface area contributed by atoms with Crippen molar-refractivity contribution in [3.05, 3.63) is 35.9 Å². The molecule has 0 saturated heterocycles. The molecule has 0 fully saturated rings. The average molecular weight is 148 g/mol. The normalized spacial score (nSPS) is 9.45. The third-order valence-electron chi connectivity index (χ3n) is 1.58. The van der Waals surface area contributed by atoms with Crippen LogP contribution in [0.1, 0.15) is 12.0 Å². The summed E-state index contributed by atoms with van der Waals surface area (Å²) >= 11 is 0. The maximum atomic E-state index is 6.59. The Bertz CT molecular complexity index is 206. The van der Waals surface area contributed by atoms with Gasteiger partial charge in [0.1, 0.15) is 0 Å². The van der Waals surface area contributed by atoms with Gasteiger partial charge in [0.05, 0.1) is 6.54 Å². The van der Waals surface area contributed by atoms with Crippen LogP contribution >= 0.6 is 0 Å². The van der Waals surface area contributed by atoms with Gasteiger partial charge in [-0.15, -0.1) is 0 Å². The maximum absolute atomic E-state index is 6.59. The van der Waals surface area contributed by atoms with E-state index in [1.54, 1.807) is 0 Å². The standard InChI is InChI=1S/C9H12N2/c10-11-8-4-7-9-5-2-1-3-6-9/h1-3,5-6,10H,4,7-8H2. The highest BCUT2D eigenvalue weighted by Crippen LogP contribution is 2.01. The van der Waals surface area contributed by atoms with Crippen molar-refractivity contribution in [1.29, 1.82) is 5.53 Å². The fraction of sp³-hybridized carbons (Fsp3) is 0.333. The van der Waals surface area contributed by atoms with E-state index >= 15 is 0 Å². The van der Waals surface area contributed by atoms with Crippen LogP contribution in [0.3, 0.4) is 0 Å². The Morgan fingerprint density at radius 3 is 2.55 bits per heavy atom. The zero-order chi connectivity index (χ0) is 7.94. The van der Waals surface area contributed by atoms with Gasteiger partial charge in [-0.3, -0.25) is 0 Å². The van der Waals surface area contributed by atoms with Crippen LogP contribution in [0.15, 0.2) is 35.4 Å². The second-order valence-corrected chi connectivity index (χ2v) is 2.47. The molecule has 1 aromatic rings. The summed E-state index contributed by atoms with van der Waals surface area (Å²) in [5, 5.41) is 3.30. The van der Waals surface area contributed by atoms with E-state index in [4.69, 9.17) is 5.53 Å². The molecule has 0 saturated carbocycles. The second-order valence-electron chi connectivity index (χ2n) is 2.47. The predicted octanol–water partition coefficient (Wildman–Crippen LogP) is 2.65. The first-order valence-corrected chi connectivity index (χ1v) is 3.80. The summed E-state index contributed by atoms with van der Waals surface area (Å²) in [5.74, 6) is 0. The molecule has 1 rings (SSSR count). The predicted molar refractivity (Wildman–Crippen MR) is 44.8 cm³/mol. The Morgan fingerprint density at radius 2 is 1.91 bits per heavy atom. The van der Waals surface area contributed by atoms with Gasteiger partial charge in [-0.25, -0.2) is 5.53 Å². The summed E-state index contributed by atoms with van der Waals surface area (Å²) in [7, 11) is 0. The van der Waals surface area contributed by atoms with Gasteiger partial charge in [-0.1, -0.05) is 30.3 Å². The molecule has 0 heterocycles. The molecule has 2 nitrogen and oxygen atoms in total. The zero-order valence-corrected chi connectivity index (χ0v) is 6.46. The molecular formula is C9H12N2. The number of nitrogens with zero attached hydrogens (tertiary/aromatic N) is 1. The summed E-state index contributed by atoms with van der Waals surface area (Å²) in [6, 6.07) is 10.3. The van der Waals surface area contributed by atoms with Crippen LogP contribution in [-0.2, 0) is 6.42 Å². The average Bonchev–Trinajstić information content (AvgIpc) is 2.07. The largest absolute Gasteiger partial charge is 0.210 e. The third-order valence-corrected chi connectivity index (χ3v) is 1.58. The monoisotopic (exact) mass is 148 g/mol. The molecule has 0 aliphatic heterocycles. The van der Waals surface area contributed by atoms with Gasteiger partial charge in [0, 0.05) is 0 Å². The van der Waals surface area contributed by atoms with Crippen molar-refractivity contribution in [1.82, 2.24) is 0 Å². The molecule has 0 amide bonds. The minimum absolute atomic E-state index is 0.648. The fourth-order valence-corrected chi connectivity index (χ4v) is 1.01. The fourth-order valence-electron chi connectivity index (χ4n) is 1.01. The van der Waals surface area contributed by atoms with Crippen molar-refractivity contribution < 1.29 is 0 Å². The molecular weight excluding hydrogens is 136 g/mol. The minimum Gasteiger partial charge on any atom is -0.210 e. The zero-order valence-electron chi connectivity index (χ0n) is 6.46. The minimum atomic E-state index is 0.648. The molecule has 1 aromatic carbocycles. The van der Waals surface area contributed by atoms with Crippen LogP contribution in [0.2, 0.25) is 0 Å². The SMILES string of the molecule is N=NCCCc1ccccc1. The molecule has 11 heavy (non-hydrogen) atoms. The molecule has 0 aliphatic rings. The first kappa shape index (κ1) is 7.92. The molecule has 0 unspecified atom stereocenters. The van der Waals surface area contributed by atoms with Gasteiger partial charge < -0.3 is 0 Å². The first-order chi connectivity index (χ1) is 5.43. The van der Waals surface area contributed by atoms with Crippen LogP contribution in [0.25, 0.3) is 0 Å². The van der Waals surface area contributed by atoms with Crippen LogP contribution in [0.5, 0.6) is 0 Å². The van der Waals surface area contributed by atoms with E-state index in [1.165, 1.54) is 5.56 Å². The molecule has 0 aromatic heterocycles. The highest BCUT2D eigenvalue weighted by molar-refractivity contribution is 5.14. The lowest BCUT2D eigenvalue weighted by Crippen LogP contribution is -1.86. The van der Waals surface area contributed by atoms with Gasteiger partial charge in [0.2, 0.25) is 0 Å². The quantitative estimate of drug-likeness (QED) is 0.503. The van der Waals surface area contributed by atoms with E-state index in [0.717, 1.165) is 12.8 Å². The van der Waals surface area contributed by atoms with Crippen LogP contribution < -0.4 is 0 Å².